The maximum atomic E-state index is 12.4. The molecule has 0 heterocycles. The van der Waals surface area contributed by atoms with Crippen LogP contribution in [-0.2, 0) is 4.79 Å². The maximum absolute atomic E-state index is 12.4. The minimum absolute atomic E-state index is 0.0719. The summed E-state index contributed by atoms with van der Waals surface area (Å²) >= 11 is 11.9. The molecule has 0 aromatic heterocycles. The molecule has 1 N–H and O–H groups in total. The molecule has 4 nitrogen and oxygen atoms in total. The third kappa shape index (κ3) is 5.30. The van der Waals surface area contributed by atoms with Crippen LogP contribution in [0.1, 0.15) is 31.1 Å². The highest BCUT2D eigenvalue weighted by Crippen LogP contribution is 2.22. The van der Waals surface area contributed by atoms with Gasteiger partial charge in [0.1, 0.15) is 0 Å². The van der Waals surface area contributed by atoms with E-state index in [4.69, 9.17) is 23.2 Å². The maximum Gasteiger partial charge on any atom is 0.234 e. The van der Waals surface area contributed by atoms with Gasteiger partial charge in [0.15, 0.2) is 5.78 Å². The number of hydrogen-bond acceptors (Lipinski definition) is 3. The largest absolute Gasteiger partial charge is 0.353 e. The Morgan fingerprint density at radius 1 is 1.24 bits per heavy atom. The topological polar surface area (TPSA) is 49.4 Å². The number of Topliss-reactive ketones (excluding diaryl/α,β-unsaturated/α-hetero) is 1. The first-order chi connectivity index (χ1) is 9.72. The van der Waals surface area contributed by atoms with Gasteiger partial charge in [-0.1, -0.05) is 23.2 Å². The molecule has 0 saturated carbocycles. The molecule has 1 aromatic rings. The average Bonchev–Trinajstić information content (AvgIpc) is 2.35. The molecule has 1 amide bonds. The smallest absolute Gasteiger partial charge is 0.234 e. The van der Waals surface area contributed by atoms with Gasteiger partial charge in [-0.05, 0) is 46.0 Å². The summed E-state index contributed by atoms with van der Waals surface area (Å²) < 4.78 is 0. The van der Waals surface area contributed by atoms with E-state index in [1.165, 1.54) is 6.07 Å². The predicted molar refractivity (Wildman–Crippen MR) is 86.2 cm³/mol. The average molecular weight is 331 g/mol. The summed E-state index contributed by atoms with van der Waals surface area (Å²) in [7, 11) is 1.73. The van der Waals surface area contributed by atoms with Gasteiger partial charge in [0.25, 0.3) is 0 Å². The number of halogens is 2. The number of amides is 1. The van der Waals surface area contributed by atoms with Crippen molar-refractivity contribution < 1.29 is 9.59 Å². The van der Waals surface area contributed by atoms with Gasteiger partial charge in [-0.25, -0.2) is 0 Å². The van der Waals surface area contributed by atoms with E-state index >= 15 is 0 Å². The Hall–Kier alpha value is -1.10. The molecule has 0 aliphatic carbocycles. The molecule has 21 heavy (non-hydrogen) atoms. The van der Waals surface area contributed by atoms with Gasteiger partial charge in [0.05, 0.1) is 17.6 Å². The summed E-state index contributed by atoms with van der Waals surface area (Å²) in [5, 5.41) is 3.59. The molecule has 0 fully saturated rings. The van der Waals surface area contributed by atoms with Crippen molar-refractivity contribution in [1.82, 2.24) is 10.2 Å². The Balaban J connectivity index is 2.75. The molecule has 1 aromatic carbocycles. The number of hydrogen-bond donors (Lipinski definition) is 1. The quantitative estimate of drug-likeness (QED) is 0.815. The monoisotopic (exact) mass is 330 g/mol. The van der Waals surface area contributed by atoms with E-state index in [1.54, 1.807) is 31.0 Å². The second kappa shape index (κ2) is 7.78. The number of rotatable bonds is 6. The van der Waals surface area contributed by atoms with Crippen LogP contribution in [0.2, 0.25) is 10.0 Å². The number of nitrogens with one attached hydrogen (secondary N) is 1. The third-order valence-corrected chi connectivity index (χ3v) is 3.63. The number of ketones is 1. The van der Waals surface area contributed by atoms with Gasteiger partial charge in [-0.3, -0.25) is 14.5 Å². The van der Waals surface area contributed by atoms with Crippen LogP contribution in [0.4, 0.5) is 0 Å². The molecule has 0 aliphatic rings. The van der Waals surface area contributed by atoms with E-state index in [1.807, 2.05) is 13.8 Å². The van der Waals surface area contributed by atoms with Crippen molar-refractivity contribution >= 4 is 34.9 Å². The molecular formula is C15H20Cl2N2O2. The van der Waals surface area contributed by atoms with Crippen molar-refractivity contribution in [3.05, 3.63) is 33.8 Å². The van der Waals surface area contributed by atoms with Crippen LogP contribution in [-0.4, -0.2) is 42.3 Å². The van der Waals surface area contributed by atoms with Gasteiger partial charge >= 0.3 is 0 Å². The summed E-state index contributed by atoms with van der Waals surface area (Å²) in [5.74, 6) is -0.258. The van der Waals surface area contributed by atoms with Crippen LogP contribution in [0, 0.1) is 0 Å². The van der Waals surface area contributed by atoms with Crippen LogP contribution in [0.25, 0.3) is 0 Å². The molecule has 1 atom stereocenters. The summed E-state index contributed by atoms with van der Waals surface area (Å²) in [5.41, 5.74) is 0.407. The predicted octanol–water partition coefficient (Wildman–Crippen LogP) is 3.02. The van der Waals surface area contributed by atoms with Crippen molar-refractivity contribution in [2.75, 3.05) is 13.6 Å². The lowest BCUT2D eigenvalue weighted by Gasteiger charge is -2.24. The molecule has 1 rings (SSSR count). The first-order valence-corrected chi connectivity index (χ1v) is 7.46. The first-order valence-electron chi connectivity index (χ1n) is 6.71. The Bertz CT molecular complexity index is 532. The molecule has 1 unspecified atom stereocenters. The molecule has 0 radical (unpaired) electrons. The van der Waals surface area contributed by atoms with E-state index in [2.05, 4.69) is 5.32 Å². The minimum atomic E-state index is -0.457. The van der Waals surface area contributed by atoms with Gasteiger partial charge in [0.2, 0.25) is 5.91 Å². The van der Waals surface area contributed by atoms with Crippen LogP contribution in [0.3, 0.4) is 0 Å². The zero-order valence-electron chi connectivity index (χ0n) is 12.6. The minimum Gasteiger partial charge on any atom is -0.353 e. The van der Waals surface area contributed by atoms with E-state index in [0.29, 0.717) is 15.6 Å². The zero-order chi connectivity index (χ0) is 16.2. The second-order valence-electron chi connectivity index (χ2n) is 5.30. The second-order valence-corrected chi connectivity index (χ2v) is 6.15. The van der Waals surface area contributed by atoms with Crippen molar-refractivity contribution in [2.24, 2.45) is 0 Å². The van der Waals surface area contributed by atoms with Crippen molar-refractivity contribution in [3.63, 3.8) is 0 Å². The lowest BCUT2D eigenvalue weighted by atomic mass is 10.0. The highest BCUT2D eigenvalue weighted by Gasteiger charge is 2.23. The Morgan fingerprint density at radius 2 is 1.86 bits per heavy atom. The van der Waals surface area contributed by atoms with Crippen LogP contribution in [0.5, 0.6) is 0 Å². The van der Waals surface area contributed by atoms with Crippen molar-refractivity contribution in [3.8, 4) is 0 Å². The lowest BCUT2D eigenvalue weighted by molar-refractivity contribution is -0.122. The molecule has 0 spiro atoms. The van der Waals surface area contributed by atoms with Crippen molar-refractivity contribution in [2.45, 2.75) is 32.9 Å². The fraction of sp³-hybridized carbons (Fsp3) is 0.467. The van der Waals surface area contributed by atoms with Crippen LogP contribution in [0.15, 0.2) is 18.2 Å². The summed E-state index contributed by atoms with van der Waals surface area (Å²) in [6, 6.07) is 4.38. The highest BCUT2D eigenvalue weighted by molar-refractivity contribution is 6.37. The summed E-state index contributed by atoms with van der Waals surface area (Å²) in [4.78, 5) is 25.8. The van der Waals surface area contributed by atoms with E-state index in [0.717, 1.165) is 0 Å². The molecular weight excluding hydrogens is 311 g/mol. The normalized spacial score (nSPS) is 12.6. The number of carbonyl (C=O) groups is 2. The zero-order valence-corrected chi connectivity index (χ0v) is 14.1. The number of likely N-dealkylation sites (N-methyl/N-ethyl adjacent to an activating group) is 1. The molecule has 0 aliphatic heterocycles. The molecule has 6 heteroatoms. The Kier molecular flexibility index (Phi) is 6.65. The Morgan fingerprint density at radius 3 is 2.38 bits per heavy atom. The lowest BCUT2D eigenvalue weighted by Crippen LogP contribution is -2.44. The summed E-state index contributed by atoms with van der Waals surface area (Å²) in [6.45, 7) is 5.67. The van der Waals surface area contributed by atoms with E-state index in [9.17, 15) is 9.59 Å². The first kappa shape index (κ1) is 18.0. The van der Waals surface area contributed by atoms with E-state index in [-0.39, 0.29) is 24.3 Å². The fourth-order valence-electron chi connectivity index (χ4n) is 1.85. The molecule has 116 valence electrons. The SMILES string of the molecule is CC(C)NC(=O)CN(C)C(C)C(=O)c1ccc(Cl)cc1Cl. The van der Waals surface area contributed by atoms with E-state index < -0.39 is 6.04 Å². The number of nitrogens with zero attached hydrogens (tertiary/aromatic N) is 1. The standard InChI is InChI=1S/C15H20Cl2N2O2/c1-9(2)18-14(20)8-19(4)10(3)15(21)12-6-5-11(16)7-13(12)17/h5-7,9-10H,8H2,1-4H3,(H,18,20). The van der Waals surface area contributed by atoms with Crippen LogP contribution >= 0.6 is 23.2 Å². The number of carbonyl (C=O) groups excluding carboxylic acids is 2. The molecule has 0 saturated heterocycles. The Labute approximate surface area is 135 Å². The summed E-state index contributed by atoms with van der Waals surface area (Å²) in [6.07, 6.45) is 0. The van der Waals surface area contributed by atoms with Gasteiger partial charge in [-0.15, -0.1) is 0 Å². The van der Waals surface area contributed by atoms with Gasteiger partial charge < -0.3 is 5.32 Å². The van der Waals surface area contributed by atoms with Gasteiger partial charge in [-0.2, -0.15) is 0 Å². The highest BCUT2D eigenvalue weighted by atomic mass is 35.5. The van der Waals surface area contributed by atoms with Crippen molar-refractivity contribution in [1.29, 1.82) is 0 Å². The third-order valence-electron chi connectivity index (χ3n) is 3.08. The molecule has 0 bridgehead atoms. The van der Waals surface area contributed by atoms with Crippen LogP contribution < -0.4 is 5.32 Å². The van der Waals surface area contributed by atoms with Gasteiger partial charge in [0, 0.05) is 16.6 Å². The fourth-order valence-corrected chi connectivity index (χ4v) is 2.35. The number of benzene rings is 1.